The molecule has 4 aromatic rings. The van der Waals surface area contributed by atoms with E-state index in [0.717, 1.165) is 45.3 Å². The van der Waals surface area contributed by atoms with Crippen LogP contribution in [0.5, 0.6) is 0 Å². The van der Waals surface area contributed by atoms with Crippen molar-refractivity contribution in [3.8, 4) is 0 Å². The minimum atomic E-state index is -1.07. The van der Waals surface area contributed by atoms with Gasteiger partial charge in [-0.2, -0.15) is 0 Å². The van der Waals surface area contributed by atoms with Gasteiger partial charge in [-0.1, -0.05) is 48.0 Å². The summed E-state index contributed by atoms with van der Waals surface area (Å²) in [4.78, 5) is 43.8. The Labute approximate surface area is 294 Å². The van der Waals surface area contributed by atoms with Gasteiger partial charge in [0.1, 0.15) is 17.7 Å². The number of hydrogen-bond donors (Lipinski definition) is 3. The minimum absolute atomic E-state index is 0.215. The van der Waals surface area contributed by atoms with Crippen molar-refractivity contribution in [2.45, 2.75) is 69.9 Å². The highest BCUT2D eigenvalue weighted by molar-refractivity contribution is 9.10. The van der Waals surface area contributed by atoms with Crippen molar-refractivity contribution in [1.29, 1.82) is 0 Å². The molecule has 2 aliphatic rings. The summed E-state index contributed by atoms with van der Waals surface area (Å²) in [5.41, 5.74) is 4.91. The normalized spacial score (nSPS) is 19.4. The summed E-state index contributed by atoms with van der Waals surface area (Å²) in [5.74, 6) is -0.390. The number of aryl methyl sites for hydroxylation is 2. The Bertz CT molecular complexity index is 1700. The Balaban J connectivity index is 1.36. The largest absolute Gasteiger partial charge is 0.444 e. The van der Waals surface area contributed by atoms with Crippen LogP contribution >= 0.6 is 27.5 Å². The number of aliphatic hydroxyl groups is 1. The molecule has 48 heavy (non-hydrogen) atoms. The molecule has 1 fully saturated rings. The topological polar surface area (TPSA) is 124 Å². The molecule has 1 saturated heterocycles. The molecule has 0 bridgehead atoms. The zero-order chi connectivity index (χ0) is 34.0. The molecule has 252 valence electrons. The van der Waals surface area contributed by atoms with Crippen LogP contribution in [0.2, 0.25) is 5.02 Å². The van der Waals surface area contributed by atoms with E-state index >= 15 is 0 Å². The molecule has 1 aliphatic heterocycles. The maximum atomic E-state index is 14.5. The zero-order valence-corrected chi connectivity index (χ0v) is 29.5. The lowest BCUT2D eigenvalue weighted by atomic mass is 9.94. The second-order valence-corrected chi connectivity index (χ2v) is 14.7. The first-order chi connectivity index (χ1) is 23.0. The van der Waals surface area contributed by atoms with Crippen molar-refractivity contribution in [2.75, 3.05) is 19.6 Å². The number of ether oxygens (including phenoxy) is 1. The van der Waals surface area contributed by atoms with Crippen molar-refractivity contribution in [2.24, 2.45) is 0 Å². The summed E-state index contributed by atoms with van der Waals surface area (Å²) >= 11 is 10.1. The van der Waals surface area contributed by atoms with Crippen molar-refractivity contribution < 1.29 is 19.4 Å². The van der Waals surface area contributed by atoms with Gasteiger partial charge in [-0.25, -0.2) is 9.78 Å². The molecule has 0 radical (unpaired) electrons. The molecule has 2 amide bonds. The number of amides is 2. The number of aromatic amines is 1. The standard InChI is InChI=1S/C36H40BrClN6O4/c1-36(2,3)48-35(47)44-14-13-43(32-27-12-11-26(38)17-23(27)9-10-24-16-25(37)18-40-31(24)32)20-30(44)34(46)42-28(15-22-7-5-4-6-8-22)33(45)29-19-39-21-41-29/h4-8,11-12,16-19,21,28,30,32-33,45H,9-10,13-15,20H2,1-3H3,(H,39,41)(H,42,46)/t28-,30?,32?,33?/m0/s1. The summed E-state index contributed by atoms with van der Waals surface area (Å²) in [5, 5.41) is 15.2. The molecule has 2 aromatic heterocycles. The number of imidazole rings is 1. The average molecular weight is 736 g/mol. The number of carbonyl (C=O) groups excluding carboxylic acids is 2. The molecule has 4 atom stereocenters. The van der Waals surface area contributed by atoms with Crippen LogP contribution < -0.4 is 5.32 Å². The molecule has 2 aromatic carbocycles. The minimum Gasteiger partial charge on any atom is -0.444 e. The van der Waals surface area contributed by atoms with Crippen LogP contribution in [0, 0.1) is 0 Å². The van der Waals surface area contributed by atoms with Gasteiger partial charge in [0.05, 0.1) is 36.0 Å². The van der Waals surface area contributed by atoms with Gasteiger partial charge < -0.3 is 20.1 Å². The number of benzene rings is 2. The number of H-pyrrole nitrogens is 1. The lowest BCUT2D eigenvalue weighted by Crippen LogP contribution is -2.63. The van der Waals surface area contributed by atoms with Crippen molar-refractivity contribution in [1.82, 2.24) is 30.1 Å². The Morgan fingerprint density at radius 2 is 1.88 bits per heavy atom. The summed E-state index contributed by atoms with van der Waals surface area (Å²) in [6, 6.07) is 15.8. The van der Waals surface area contributed by atoms with Crippen molar-refractivity contribution in [3.63, 3.8) is 0 Å². The Kier molecular flexibility index (Phi) is 10.2. The van der Waals surface area contributed by atoms with Gasteiger partial charge in [-0.15, -0.1) is 0 Å². The third-order valence-electron chi connectivity index (χ3n) is 8.84. The number of carbonyl (C=O) groups is 2. The highest BCUT2D eigenvalue weighted by Crippen LogP contribution is 2.39. The number of pyridine rings is 1. The van der Waals surface area contributed by atoms with E-state index in [1.807, 2.05) is 48.5 Å². The number of aliphatic hydroxyl groups excluding tert-OH is 1. The smallest absolute Gasteiger partial charge is 0.411 e. The number of aromatic nitrogens is 3. The van der Waals surface area contributed by atoms with E-state index in [0.29, 0.717) is 23.7 Å². The molecule has 1 aliphatic carbocycles. The molecule has 10 nitrogen and oxygen atoms in total. The summed E-state index contributed by atoms with van der Waals surface area (Å²) in [6.45, 7) is 6.37. The zero-order valence-electron chi connectivity index (χ0n) is 27.2. The fraction of sp³-hybridized carbons (Fsp3) is 0.389. The third-order valence-corrected chi connectivity index (χ3v) is 9.51. The summed E-state index contributed by atoms with van der Waals surface area (Å²) in [6.07, 6.45) is 5.16. The maximum absolute atomic E-state index is 14.5. The molecule has 0 saturated carbocycles. The van der Waals surface area contributed by atoms with E-state index in [2.05, 4.69) is 42.2 Å². The van der Waals surface area contributed by atoms with Gasteiger partial charge in [-0.05, 0) is 96.4 Å². The van der Waals surface area contributed by atoms with Crippen LogP contribution in [-0.2, 0) is 28.8 Å². The molecule has 3 N–H and O–H groups in total. The molecule has 3 unspecified atom stereocenters. The Hall–Kier alpha value is -3.77. The lowest BCUT2D eigenvalue weighted by molar-refractivity contribution is -0.130. The second kappa shape index (κ2) is 14.4. The number of hydrogen-bond acceptors (Lipinski definition) is 7. The Morgan fingerprint density at radius 1 is 1.10 bits per heavy atom. The van der Waals surface area contributed by atoms with E-state index in [9.17, 15) is 14.7 Å². The maximum Gasteiger partial charge on any atom is 0.411 e. The third kappa shape index (κ3) is 7.75. The second-order valence-electron chi connectivity index (χ2n) is 13.4. The van der Waals surface area contributed by atoms with Gasteiger partial charge in [0.25, 0.3) is 0 Å². The van der Waals surface area contributed by atoms with E-state index in [-0.39, 0.29) is 25.0 Å². The number of nitrogens with zero attached hydrogens (tertiary/aromatic N) is 4. The van der Waals surface area contributed by atoms with Crippen molar-refractivity contribution >= 4 is 39.5 Å². The van der Waals surface area contributed by atoms with E-state index < -0.39 is 29.9 Å². The fourth-order valence-electron chi connectivity index (χ4n) is 6.62. The number of piperazine rings is 1. The molecular formula is C36H40BrClN6O4. The van der Waals surface area contributed by atoms with Gasteiger partial charge >= 0.3 is 6.09 Å². The summed E-state index contributed by atoms with van der Waals surface area (Å²) < 4.78 is 6.70. The molecule has 3 heterocycles. The highest BCUT2D eigenvalue weighted by Gasteiger charge is 2.42. The predicted molar refractivity (Wildman–Crippen MR) is 187 cm³/mol. The van der Waals surface area contributed by atoms with Gasteiger partial charge in [-0.3, -0.25) is 19.6 Å². The van der Waals surface area contributed by atoms with Gasteiger partial charge in [0.15, 0.2) is 0 Å². The number of nitrogens with one attached hydrogen (secondary N) is 2. The fourth-order valence-corrected chi connectivity index (χ4v) is 7.19. The molecule has 0 spiro atoms. The van der Waals surface area contributed by atoms with Crippen LogP contribution in [0.15, 0.2) is 77.8 Å². The number of halogens is 2. The van der Waals surface area contributed by atoms with Gasteiger partial charge in [0, 0.05) is 35.3 Å². The van der Waals surface area contributed by atoms with Crippen LogP contribution in [0.4, 0.5) is 4.79 Å². The number of fused-ring (bicyclic) bond motifs is 2. The van der Waals surface area contributed by atoms with E-state index in [1.54, 1.807) is 33.2 Å². The van der Waals surface area contributed by atoms with E-state index in [4.69, 9.17) is 21.3 Å². The van der Waals surface area contributed by atoms with Crippen LogP contribution in [-0.4, -0.2) is 79.2 Å². The first-order valence-electron chi connectivity index (χ1n) is 16.1. The van der Waals surface area contributed by atoms with Crippen LogP contribution in [0.3, 0.4) is 0 Å². The number of rotatable bonds is 7. The lowest BCUT2D eigenvalue weighted by Gasteiger charge is -2.44. The monoisotopic (exact) mass is 734 g/mol. The van der Waals surface area contributed by atoms with Crippen LogP contribution in [0.1, 0.15) is 66.6 Å². The quantitative estimate of drug-likeness (QED) is 0.220. The molecule has 12 heteroatoms. The summed E-state index contributed by atoms with van der Waals surface area (Å²) in [7, 11) is 0. The SMILES string of the molecule is CC(C)(C)OC(=O)N1CCN(C2c3ccc(Cl)cc3CCc3cc(Br)cnc32)CC1C(=O)N[C@@H](Cc1ccccc1)C(O)c1cnc[nH]1. The van der Waals surface area contributed by atoms with Crippen molar-refractivity contribution in [3.05, 3.63) is 116 Å². The van der Waals surface area contributed by atoms with E-state index in [1.165, 1.54) is 11.2 Å². The molecule has 6 rings (SSSR count). The average Bonchev–Trinajstić information content (AvgIpc) is 3.54. The first kappa shape index (κ1) is 34.1. The molecular weight excluding hydrogens is 696 g/mol. The highest BCUT2D eigenvalue weighted by atomic mass is 79.9. The van der Waals surface area contributed by atoms with Gasteiger partial charge in [0.2, 0.25) is 5.91 Å². The Morgan fingerprint density at radius 3 is 2.60 bits per heavy atom. The first-order valence-corrected chi connectivity index (χ1v) is 17.3. The van der Waals surface area contributed by atoms with Crippen LogP contribution in [0.25, 0.3) is 0 Å². The predicted octanol–water partition coefficient (Wildman–Crippen LogP) is 5.79.